The molecule has 0 aliphatic heterocycles. The monoisotopic (exact) mass is 333 g/mol. The zero-order valence-corrected chi connectivity index (χ0v) is 11.8. The van der Waals surface area contributed by atoms with Crippen LogP contribution in [0.25, 0.3) is 0 Å². The Hall–Kier alpha value is -1.73. The van der Waals surface area contributed by atoms with Crippen molar-refractivity contribution in [2.75, 3.05) is 0 Å². The Bertz CT molecular complexity index is 674. The van der Waals surface area contributed by atoms with Gasteiger partial charge < -0.3 is 0 Å². The van der Waals surface area contributed by atoms with Crippen LogP contribution in [0.1, 0.15) is 5.56 Å². The molecule has 0 aliphatic carbocycles. The van der Waals surface area contributed by atoms with Gasteiger partial charge in [0.15, 0.2) is 0 Å². The Morgan fingerprint density at radius 3 is 2.19 bits per heavy atom. The van der Waals surface area contributed by atoms with Gasteiger partial charge in [-0.2, -0.15) is 13.2 Å². The maximum absolute atomic E-state index is 12.4. The van der Waals surface area contributed by atoms with Gasteiger partial charge in [0.2, 0.25) is 0 Å². The van der Waals surface area contributed by atoms with Crippen molar-refractivity contribution in [1.82, 2.24) is 0 Å². The normalized spacial score (nSPS) is 11.4. The summed E-state index contributed by atoms with van der Waals surface area (Å²) in [5.74, 6) is 0. The molecule has 0 fully saturated rings. The molecule has 3 nitrogen and oxygen atoms in total. The van der Waals surface area contributed by atoms with Gasteiger partial charge >= 0.3 is 6.18 Å². The molecule has 0 heterocycles. The molecule has 0 aliphatic rings. The fourth-order valence-corrected chi connectivity index (χ4v) is 2.63. The van der Waals surface area contributed by atoms with E-state index in [0.29, 0.717) is 9.79 Å². The second-order valence-electron chi connectivity index (χ2n) is 4.00. The van der Waals surface area contributed by atoms with Crippen LogP contribution >= 0.6 is 23.4 Å². The standard InChI is InChI=1S/C13H7ClF3NO2S/c14-11-7-9(18(19)20)3-6-12(11)21-10-4-1-8(2-5-10)13(15,16)17/h1-7H. The lowest BCUT2D eigenvalue weighted by Gasteiger charge is -2.08. The predicted octanol–water partition coefficient (Wildman–Crippen LogP) is 5.42. The van der Waals surface area contributed by atoms with E-state index in [1.165, 1.54) is 30.3 Å². The summed E-state index contributed by atoms with van der Waals surface area (Å²) in [4.78, 5) is 11.1. The maximum atomic E-state index is 12.4. The third kappa shape index (κ3) is 3.89. The van der Waals surface area contributed by atoms with E-state index in [0.717, 1.165) is 23.9 Å². The number of non-ortho nitro benzene ring substituents is 1. The molecule has 110 valence electrons. The van der Waals surface area contributed by atoms with Crippen molar-refractivity contribution < 1.29 is 18.1 Å². The number of nitrogens with zero attached hydrogens (tertiary/aromatic N) is 1. The first-order valence-corrected chi connectivity index (χ1v) is 6.76. The molecule has 0 unspecified atom stereocenters. The summed E-state index contributed by atoms with van der Waals surface area (Å²) in [6.07, 6.45) is -4.38. The summed E-state index contributed by atoms with van der Waals surface area (Å²) in [7, 11) is 0. The van der Waals surface area contributed by atoms with Gasteiger partial charge in [-0.05, 0) is 30.3 Å². The highest BCUT2D eigenvalue weighted by molar-refractivity contribution is 7.99. The molecule has 0 radical (unpaired) electrons. The van der Waals surface area contributed by atoms with Crippen molar-refractivity contribution >= 4 is 29.1 Å². The highest BCUT2D eigenvalue weighted by Crippen LogP contribution is 2.37. The number of rotatable bonds is 3. The van der Waals surface area contributed by atoms with Crippen LogP contribution in [0.2, 0.25) is 5.02 Å². The molecule has 2 aromatic rings. The fraction of sp³-hybridized carbons (Fsp3) is 0.0769. The second-order valence-corrected chi connectivity index (χ2v) is 5.52. The van der Waals surface area contributed by atoms with Crippen molar-refractivity contribution in [1.29, 1.82) is 0 Å². The summed E-state index contributed by atoms with van der Waals surface area (Å²) < 4.78 is 37.3. The molecule has 2 rings (SSSR count). The zero-order valence-electron chi connectivity index (χ0n) is 10.2. The van der Waals surface area contributed by atoms with Gasteiger partial charge in [0.1, 0.15) is 0 Å². The minimum absolute atomic E-state index is 0.142. The van der Waals surface area contributed by atoms with Crippen molar-refractivity contribution in [3.63, 3.8) is 0 Å². The van der Waals surface area contributed by atoms with Crippen molar-refractivity contribution in [2.45, 2.75) is 16.0 Å². The summed E-state index contributed by atoms with van der Waals surface area (Å²) >= 11 is 7.05. The van der Waals surface area contributed by atoms with Crippen molar-refractivity contribution in [3.8, 4) is 0 Å². The summed E-state index contributed by atoms with van der Waals surface area (Å²) in [6.45, 7) is 0. The Kier molecular flexibility index (Phi) is 4.43. The Labute approximate surface area is 126 Å². The summed E-state index contributed by atoms with van der Waals surface area (Å²) in [6, 6.07) is 8.55. The molecule has 2 aromatic carbocycles. The molecule has 8 heteroatoms. The second kappa shape index (κ2) is 5.95. The Morgan fingerprint density at radius 1 is 1.10 bits per heavy atom. The van der Waals surface area contributed by atoms with Gasteiger partial charge in [-0.15, -0.1) is 0 Å². The Balaban J connectivity index is 2.20. The van der Waals surface area contributed by atoms with Gasteiger partial charge in [0.05, 0.1) is 15.5 Å². The number of nitro groups is 1. The van der Waals surface area contributed by atoms with Crippen LogP contribution in [0, 0.1) is 10.1 Å². The van der Waals surface area contributed by atoms with E-state index in [-0.39, 0.29) is 10.7 Å². The molecule has 0 saturated carbocycles. The fourth-order valence-electron chi connectivity index (χ4n) is 1.53. The van der Waals surface area contributed by atoms with Crippen molar-refractivity contribution in [2.24, 2.45) is 0 Å². The van der Waals surface area contributed by atoms with E-state index >= 15 is 0 Å². The van der Waals surface area contributed by atoms with Gasteiger partial charge in [0, 0.05) is 21.9 Å². The highest BCUT2D eigenvalue weighted by atomic mass is 35.5. The minimum atomic E-state index is -4.38. The van der Waals surface area contributed by atoms with Gasteiger partial charge in [0.25, 0.3) is 5.69 Å². The van der Waals surface area contributed by atoms with E-state index in [2.05, 4.69) is 0 Å². The molecular formula is C13H7ClF3NO2S. The number of nitro benzene ring substituents is 1. The van der Waals surface area contributed by atoms with E-state index in [9.17, 15) is 23.3 Å². The highest BCUT2D eigenvalue weighted by Gasteiger charge is 2.29. The first kappa shape index (κ1) is 15.7. The zero-order chi connectivity index (χ0) is 15.6. The molecule has 21 heavy (non-hydrogen) atoms. The van der Waals surface area contributed by atoms with E-state index < -0.39 is 16.7 Å². The van der Waals surface area contributed by atoms with Crippen LogP contribution in [0.15, 0.2) is 52.3 Å². The van der Waals surface area contributed by atoms with Crippen LogP contribution < -0.4 is 0 Å². The average Bonchev–Trinajstić information content (AvgIpc) is 2.40. The molecular weight excluding hydrogens is 327 g/mol. The first-order chi connectivity index (χ1) is 9.77. The first-order valence-electron chi connectivity index (χ1n) is 5.56. The molecule has 0 bridgehead atoms. The lowest BCUT2D eigenvalue weighted by atomic mass is 10.2. The van der Waals surface area contributed by atoms with Crippen LogP contribution in [0.3, 0.4) is 0 Å². The predicted molar refractivity (Wildman–Crippen MR) is 73.7 cm³/mol. The quantitative estimate of drug-likeness (QED) is 0.556. The number of alkyl halides is 3. The number of benzene rings is 2. The molecule has 0 N–H and O–H groups in total. The molecule has 0 spiro atoms. The summed E-state index contributed by atoms with van der Waals surface area (Å²) in [5.41, 5.74) is -0.876. The van der Waals surface area contributed by atoms with Crippen LogP contribution in [-0.4, -0.2) is 4.92 Å². The smallest absolute Gasteiger partial charge is 0.258 e. The number of halogens is 4. The van der Waals surface area contributed by atoms with Crippen molar-refractivity contribution in [3.05, 3.63) is 63.2 Å². The lowest BCUT2D eigenvalue weighted by Crippen LogP contribution is -2.03. The van der Waals surface area contributed by atoms with Gasteiger partial charge in [-0.1, -0.05) is 23.4 Å². The molecule has 0 atom stereocenters. The number of hydrogen-bond acceptors (Lipinski definition) is 3. The molecule has 0 saturated heterocycles. The third-order valence-corrected chi connectivity index (χ3v) is 4.04. The van der Waals surface area contributed by atoms with Crippen LogP contribution in [-0.2, 0) is 6.18 Å². The minimum Gasteiger partial charge on any atom is -0.258 e. The van der Waals surface area contributed by atoms with Gasteiger partial charge in [-0.3, -0.25) is 10.1 Å². The van der Waals surface area contributed by atoms with E-state index in [1.54, 1.807) is 0 Å². The molecule has 0 aromatic heterocycles. The molecule has 0 amide bonds. The topological polar surface area (TPSA) is 43.1 Å². The SMILES string of the molecule is O=[N+]([O-])c1ccc(Sc2ccc(C(F)(F)F)cc2)c(Cl)c1. The summed E-state index contributed by atoms with van der Waals surface area (Å²) in [5, 5.41) is 10.8. The lowest BCUT2D eigenvalue weighted by molar-refractivity contribution is -0.384. The third-order valence-electron chi connectivity index (χ3n) is 2.54. The average molecular weight is 334 g/mol. The largest absolute Gasteiger partial charge is 0.416 e. The maximum Gasteiger partial charge on any atom is 0.416 e. The van der Waals surface area contributed by atoms with E-state index in [1.807, 2.05) is 0 Å². The Morgan fingerprint density at radius 2 is 1.71 bits per heavy atom. The van der Waals surface area contributed by atoms with Crippen LogP contribution in [0.4, 0.5) is 18.9 Å². The van der Waals surface area contributed by atoms with Crippen LogP contribution in [0.5, 0.6) is 0 Å². The number of hydrogen-bond donors (Lipinski definition) is 0. The van der Waals surface area contributed by atoms with E-state index in [4.69, 9.17) is 11.6 Å². The van der Waals surface area contributed by atoms with Gasteiger partial charge in [-0.25, -0.2) is 0 Å².